The first-order chi connectivity index (χ1) is 8.00. The normalized spacial score (nSPS) is 21.2. The molecule has 100 valence electrons. The van der Waals surface area contributed by atoms with Crippen LogP contribution >= 0.6 is 0 Å². The monoisotopic (exact) mass is 241 g/mol. The third kappa shape index (κ3) is 5.04. The highest BCUT2D eigenvalue weighted by atomic mass is 16.2. The summed E-state index contributed by atoms with van der Waals surface area (Å²) in [5.41, 5.74) is 5.82. The van der Waals surface area contributed by atoms with Crippen molar-refractivity contribution in [3.8, 4) is 0 Å². The molecule has 0 aromatic rings. The molecule has 0 radical (unpaired) electrons. The van der Waals surface area contributed by atoms with E-state index in [1.807, 2.05) is 13.8 Å². The second-order valence-corrected chi connectivity index (χ2v) is 5.54. The molecule has 1 fully saturated rings. The van der Waals surface area contributed by atoms with E-state index in [0.29, 0.717) is 0 Å². The molecule has 2 atom stereocenters. The predicted molar refractivity (Wildman–Crippen MR) is 70.7 cm³/mol. The predicted octanol–water partition coefficient (Wildman–Crippen LogP) is 0.960. The van der Waals surface area contributed by atoms with Crippen LogP contribution < -0.4 is 11.1 Å². The summed E-state index contributed by atoms with van der Waals surface area (Å²) in [4.78, 5) is 14.2. The molecule has 0 bridgehead atoms. The Morgan fingerprint density at radius 2 is 1.82 bits per heavy atom. The summed E-state index contributed by atoms with van der Waals surface area (Å²) < 4.78 is 0. The summed E-state index contributed by atoms with van der Waals surface area (Å²) in [6.07, 6.45) is 3.91. The topological polar surface area (TPSA) is 58.4 Å². The van der Waals surface area contributed by atoms with Gasteiger partial charge in [0.2, 0.25) is 5.91 Å². The molecule has 0 saturated carbocycles. The van der Waals surface area contributed by atoms with Crippen LogP contribution in [0.5, 0.6) is 0 Å². The molecule has 1 saturated heterocycles. The van der Waals surface area contributed by atoms with E-state index < -0.39 is 0 Å². The molecule has 0 spiro atoms. The van der Waals surface area contributed by atoms with Gasteiger partial charge < -0.3 is 16.0 Å². The Hall–Kier alpha value is -0.610. The first-order valence-electron chi connectivity index (χ1n) is 6.79. The van der Waals surface area contributed by atoms with E-state index in [1.54, 1.807) is 0 Å². The van der Waals surface area contributed by atoms with Gasteiger partial charge in [0, 0.05) is 12.6 Å². The molecule has 4 heteroatoms. The van der Waals surface area contributed by atoms with E-state index in [0.717, 1.165) is 19.6 Å². The standard InChI is InChI=1S/C13H27N3O/c1-10(2)12(14)13(17)15-11(3)9-16-7-5-4-6-8-16/h10-12H,4-9,14H2,1-3H3,(H,15,17)/t11?,12-/m0/s1. The van der Waals surface area contributed by atoms with Gasteiger partial charge in [-0.1, -0.05) is 20.3 Å². The van der Waals surface area contributed by atoms with Gasteiger partial charge in [-0.05, 0) is 38.8 Å². The summed E-state index contributed by atoms with van der Waals surface area (Å²) in [7, 11) is 0. The number of rotatable bonds is 5. The number of nitrogens with one attached hydrogen (secondary N) is 1. The zero-order valence-electron chi connectivity index (χ0n) is 11.4. The van der Waals surface area contributed by atoms with Gasteiger partial charge in [-0.2, -0.15) is 0 Å². The molecule has 0 aromatic carbocycles. The highest BCUT2D eigenvalue weighted by Crippen LogP contribution is 2.09. The van der Waals surface area contributed by atoms with Crippen molar-refractivity contribution >= 4 is 5.91 Å². The number of piperidine rings is 1. The number of carbonyl (C=O) groups excluding carboxylic acids is 1. The second-order valence-electron chi connectivity index (χ2n) is 5.54. The van der Waals surface area contributed by atoms with Gasteiger partial charge in [-0.15, -0.1) is 0 Å². The molecule has 1 heterocycles. The summed E-state index contributed by atoms with van der Waals surface area (Å²) in [6, 6.07) is -0.204. The Morgan fingerprint density at radius 3 is 2.35 bits per heavy atom. The Labute approximate surface area is 105 Å². The smallest absolute Gasteiger partial charge is 0.237 e. The van der Waals surface area contributed by atoms with Gasteiger partial charge in [-0.25, -0.2) is 0 Å². The minimum atomic E-state index is -0.390. The quantitative estimate of drug-likeness (QED) is 0.754. The molecule has 0 aromatic heterocycles. The maximum atomic E-state index is 11.8. The van der Waals surface area contributed by atoms with Crippen molar-refractivity contribution in [2.75, 3.05) is 19.6 Å². The summed E-state index contributed by atoms with van der Waals surface area (Å²) in [5, 5.41) is 3.00. The maximum Gasteiger partial charge on any atom is 0.237 e. The van der Waals surface area contributed by atoms with Crippen molar-refractivity contribution in [3.63, 3.8) is 0 Å². The highest BCUT2D eigenvalue weighted by Gasteiger charge is 2.20. The first kappa shape index (κ1) is 14.5. The largest absolute Gasteiger partial charge is 0.351 e. The lowest BCUT2D eigenvalue weighted by Gasteiger charge is -2.30. The van der Waals surface area contributed by atoms with Crippen LogP contribution in [0.2, 0.25) is 0 Å². The molecular weight excluding hydrogens is 214 g/mol. The fourth-order valence-electron chi connectivity index (χ4n) is 2.22. The zero-order chi connectivity index (χ0) is 12.8. The van der Waals surface area contributed by atoms with Crippen LogP contribution in [0.15, 0.2) is 0 Å². The van der Waals surface area contributed by atoms with Gasteiger partial charge in [-0.3, -0.25) is 4.79 Å². The fourth-order valence-corrected chi connectivity index (χ4v) is 2.22. The minimum Gasteiger partial charge on any atom is -0.351 e. The van der Waals surface area contributed by atoms with Crippen molar-refractivity contribution < 1.29 is 4.79 Å². The van der Waals surface area contributed by atoms with Gasteiger partial charge >= 0.3 is 0 Å². The number of nitrogens with two attached hydrogens (primary N) is 1. The highest BCUT2D eigenvalue weighted by molar-refractivity contribution is 5.81. The molecule has 0 aliphatic carbocycles. The van der Waals surface area contributed by atoms with E-state index in [-0.39, 0.29) is 23.9 Å². The van der Waals surface area contributed by atoms with Crippen molar-refractivity contribution in [3.05, 3.63) is 0 Å². The number of likely N-dealkylation sites (tertiary alicyclic amines) is 1. The van der Waals surface area contributed by atoms with Crippen molar-refractivity contribution in [2.24, 2.45) is 11.7 Å². The lowest BCUT2D eigenvalue weighted by atomic mass is 10.0. The van der Waals surface area contributed by atoms with Gasteiger partial charge in [0.05, 0.1) is 6.04 Å². The van der Waals surface area contributed by atoms with Crippen molar-refractivity contribution in [1.29, 1.82) is 0 Å². The number of hydrogen-bond donors (Lipinski definition) is 2. The molecule has 4 nitrogen and oxygen atoms in total. The lowest BCUT2D eigenvalue weighted by molar-refractivity contribution is -0.124. The van der Waals surface area contributed by atoms with Gasteiger partial charge in [0.1, 0.15) is 0 Å². The molecular formula is C13H27N3O. The van der Waals surface area contributed by atoms with Crippen LogP contribution in [0.25, 0.3) is 0 Å². The van der Waals surface area contributed by atoms with Crippen molar-refractivity contribution in [1.82, 2.24) is 10.2 Å². The van der Waals surface area contributed by atoms with E-state index in [2.05, 4.69) is 17.1 Å². The number of hydrogen-bond acceptors (Lipinski definition) is 3. The van der Waals surface area contributed by atoms with E-state index in [9.17, 15) is 4.79 Å². The number of nitrogens with zero attached hydrogens (tertiary/aromatic N) is 1. The van der Waals surface area contributed by atoms with Crippen LogP contribution in [0.3, 0.4) is 0 Å². The third-order valence-corrected chi connectivity index (χ3v) is 3.39. The van der Waals surface area contributed by atoms with E-state index in [4.69, 9.17) is 5.73 Å². The molecule has 1 amide bonds. The Kier molecular flexibility index (Phi) is 5.92. The fraction of sp³-hybridized carbons (Fsp3) is 0.923. The molecule has 3 N–H and O–H groups in total. The van der Waals surface area contributed by atoms with E-state index in [1.165, 1.54) is 19.3 Å². The van der Waals surface area contributed by atoms with Crippen LogP contribution in [-0.2, 0) is 4.79 Å². The third-order valence-electron chi connectivity index (χ3n) is 3.39. The van der Waals surface area contributed by atoms with Crippen LogP contribution in [0.4, 0.5) is 0 Å². The Balaban J connectivity index is 2.28. The molecule has 1 rings (SSSR count). The molecule has 1 aliphatic heterocycles. The SMILES string of the molecule is CC(CN1CCCCC1)NC(=O)[C@@H](N)C(C)C. The summed E-state index contributed by atoms with van der Waals surface area (Å²) >= 11 is 0. The summed E-state index contributed by atoms with van der Waals surface area (Å²) in [6.45, 7) is 9.27. The lowest BCUT2D eigenvalue weighted by Crippen LogP contribution is -2.50. The number of carbonyl (C=O) groups is 1. The Bertz CT molecular complexity index is 237. The molecule has 1 aliphatic rings. The van der Waals surface area contributed by atoms with Crippen LogP contribution in [0, 0.1) is 5.92 Å². The second kappa shape index (κ2) is 6.97. The van der Waals surface area contributed by atoms with Gasteiger partial charge in [0.25, 0.3) is 0 Å². The number of amides is 1. The molecule has 1 unspecified atom stereocenters. The average Bonchev–Trinajstić information content (AvgIpc) is 2.28. The minimum absolute atomic E-state index is 0.0236. The Morgan fingerprint density at radius 1 is 1.24 bits per heavy atom. The zero-order valence-corrected chi connectivity index (χ0v) is 11.4. The van der Waals surface area contributed by atoms with Crippen molar-refractivity contribution in [2.45, 2.75) is 52.1 Å². The van der Waals surface area contributed by atoms with Crippen LogP contribution in [0.1, 0.15) is 40.0 Å². The summed E-state index contributed by atoms with van der Waals surface area (Å²) in [5.74, 6) is 0.168. The van der Waals surface area contributed by atoms with Crippen LogP contribution in [-0.4, -0.2) is 42.5 Å². The maximum absolute atomic E-state index is 11.8. The van der Waals surface area contributed by atoms with Gasteiger partial charge in [0.15, 0.2) is 0 Å². The van der Waals surface area contributed by atoms with E-state index >= 15 is 0 Å². The first-order valence-corrected chi connectivity index (χ1v) is 6.79. The average molecular weight is 241 g/mol. The molecule has 17 heavy (non-hydrogen) atoms.